The Morgan fingerprint density at radius 3 is 2.69 bits per heavy atom. The van der Waals surface area contributed by atoms with Crippen LogP contribution >= 0.6 is 0 Å². The first-order valence-corrected chi connectivity index (χ1v) is 5.45. The molecular formula is C6H11N3O3S. The summed E-state index contributed by atoms with van der Waals surface area (Å²) in [6, 6.07) is 0. The van der Waals surface area contributed by atoms with E-state index in [1.54, 1.807) is 13.8 Å². The van der Waals surface area contributed by atoms with Crippen LogP contribution in [-0.4, -0.2) is 24.3 Å². The third kappa shape index (κ3) is 3.11. The van der Waals surface area contributed by atoms with Crippen molar-refractivity contribution < 1.29 is 12.9 Å². The molecule has 0 amide bonds. The lowest BCUT2D eigenvalue weighted by molar-refractivity contribution is 0.387. The highest BCUT2D eigenvalue weighted by atomic mass is 32.2. The number of hydrogen-bond donors (Lipinski definition) is 1. The van der Waals surface area contributed by atoms with E-state index in [1.165, 1.54) is 0 Å². The molecule has 0 atom stereocenters. The van der Waals surface area contributed by atoms with E-state index < -0.39 is 10.0 Å². The third-order valence-electron chi connectivity index (χ3n) is 1.40. The number of hydrogen-bond acceptors (Lipinski definition) is 5. The van der Waals surface area contributed by atoms with Gasteiger partial charge in [-0.15, -0.1) is 0 Å². The molecule has 1 aromatic heterocycles. The molecule has 6 nitrogen and oxygen atoms in total. The summed E-state index contributed by atoms with van der Waals surface area (Å²) in [5, 5.41) is 3.54. The molecule has 0 spiro atoms. The lowest BCUT2D eigenvalue weighted by Crippen LogP contribution is -2.25. The summed E-state index contributed by atoms with van der Waals surface area (Å²) in [6.07, 6.45) is 0. The van der Waals surface area contributed by atoms with Crippen LogP contribution in [0.3, 0.4) is 0 Å². The Balaban J connectivity index is 2.53. The van der Waals surface area contributed by atoms with Crippen molar-refractivity contribution >= 4 is 10.0 Å². The minimum atomic E-state index is -3.18. The number of aryl methyl sites for hydroxylation is 1. The molecule has 0 aliphatic heterocycles. The largest absolute Gasteiger partial charge is 0.340 e. The lowest BCUT2D eigenvalue weighted by Gasteiger charge is -1.99. The van der Waals surface area contributed by atoms with Crippen LogP contribution in [0, 0.1) is 6.92 Å². The van der Waals surface area contributed by atoms with Gasteiger partial charge in [0.25, 0.3) is 0 Å². The first-order valence-electron chi connectivity index (χ1n) is 3.80. The first kappa shape index (κ1) is 10.1. The summed E-state index contributed by atoms with van der Waals surface area (Å²) in [6.45, 7) is 3.28. The van der Waals surface area contributed by atoms with E-state index in [2.05, 4.69) is 19.4 Å². The topological polar surface area (TPSA) is 85.1 Å². The number of nitrogens with zero attached hydrogens (tertiary/aromatic N) is 2. The molecule has 1 rings (SSSR count). The molecule has 1 heterocycles. The molecule has 0 aliphatic rings. The van der Waals surface area contributed by atoms with Gasteiger partial charge in [-0.05, 0) is 6.92 Å². The predicted octanol–water partition coefficient (Wildman–Crippen LogP) is -0.183. The molecule has 0 unspecified atom stereocenters. The van der Waals surface area contributed by atoms with Crippen LogP contribution < -0.4 is 4.72 Å². The molecule has 0 aromatic carbocycles. The van der Waals surface area contributed by atoms with Crippen LogP contribution in [0.4, 0.5) is 0 Å². The number of nitrogens with one attached hydrogen (secondary N) is 1. The van der Waals surface area contributed by atoms with Crippen molar-refractivity contribution in [2.24, 2.45) is 0 Å². The van der Waals surface area contributed by atoms with Gasteiger partial charge in [-0.25, -0.2) is 13.1 Å². The van der Waals surface area contributed by atoms with Gasteiger partial charge < -0.3 is 4.52 Å². The standard InChI is InChI=1S/C6H11N3O3S/c1-3-13(10,11)7-4-6-8-5(2)12-9-6/h7H,3-4H2,1-2H3. The van der Waals surface area contributed by atoms with Crippen molar-refractivity contribution in [3.8, 4) is 0 Å². The molecule has 74 valence electrons. The molecule has 1 N–H and O–H groups in total. The second kappa shape index (κ2) is 3.84. The maximum atomic E-state index is 11.0. The first-order chi connectivity index (χ1) is 6.03. The monoisotopic (exact) mass is 205 g/mol. The highest BCUT2D eigenvalue weighted by Crippen LogP contribution is 1.95. The van der Waals surface area contributed by atoms with Crippen molar-refractivity contribution in [2.45, 2.75) is 20.4 Å². The summed E-state index contributed by atoms with van der Waals surface area (Å²) < 4.78 is 29.0. The number of rotatable bonds is 4. The van der Waals surface area contributed by atoms with E-state index in [-0.39, 0.29) is 12.3 Å². The number of sulfonamides is 1. The lowest BCUT2D eigenvalue weighted by atomic mass is 10.6. The normalized spacial score (nSPS) is 11.8. The minimum Gasteiger partial charge on any atom is -0.340 e. The Morgan fingerprint density at radius 2 is 2.23 bits per heavy atom. The Kier molecular flexibility index (Phi) is 2.99. The average molecular weight is 205 g/mol. The molecule has 0 bridgehead atoms. The zero-order valence-electron chi connectivity index (χ0n) is 7.44. The van der Waals surface area contributed by atoms with Gasteiger partial charge in [0.15, 0.2) is 5.82 Å². The summed E-state index contributed by atoms with van der Waals surface area (Å²) in [5.74, 6) is 0.810. The fourth-order valence-electron chi connectivity index (χ4n) is 0.690. The Morgan fingerprint density at radius 1 is 1.54 bits per heavy atom. The second-order valence-corrected chi connectivity index (χ2v) is 4.55. The van der Waals surface area contributed by atoms with Crippen LogP contribution in [0.15, 0.2) is 4.52 Å². The van der Waals surface area contributed by atoms with Crippen LogP contribution in [-0.2, 0) is 16.6 Å². The van der Waals surface area contributed by atoms with Gasteiger partial charge >= 0.3 is 0 Å². The van der Waals surface area contributed by atoms with E-state index in [9.17, 15) is 8.42 Å². The summed E-state index contributed by atoms with van der Waals surface area (Å²) in [4.78, 5) is 3.84. The van der Waals surface area contributed by atoms with Crippen LogP contribution in [0.25, 0.3) is 0 Å². The van der Waals surface area contributed by atoms with Crippen molar-refractivity contribution in [1.29, 1.82) is 0 Å². The van der Waals surface area contributed by atoms with E-state index >= 15 is 0 Å². The summed E-state index contributed by atoms with van der Waals surface area (Å²) in [7, 11) is -3.18. The molecule has 0 radical (unpaired) electrons. The van der Waals surface area contributed by atoms with Gasteiger partial charge in [-0.3, -0.25) is 0 Å². The maximum absolute atomic E-state index is 11.0. The smallest absolute Gasteiger partial charge is 0.223 e. The fourth-order valence-corrected chi connectivity index (χ4v) is 1.24. The quantitative estimate of drug-likeness (QED) is 0.736. The van der Waals surface area contributed by atoms with Crippen molar-refractivity contribution in [3.05, 3.63) is 11.7 Å². The predicted molar refractivity (Wildman–Crippen MR) is 45.3 cm³/mol. The molecule has 13 heavy (non-hydrogen) atoms. The molecule has 0 saturated carbocycles. The summed E-state index contributed by atoms with van der Waals surface area (Å²) in [5.41, 5.74) is 0. The molecule has 7 heteroatoms. The molecule has 1 aromatic rings. The van der Waals surface area contributed by atoms with E-state index in [4.69, 9.17) is 0 Å². The third-order valence-corrected chi connectivity index (χ3v) is 2.74. The van der Waals surface area contributed by atoms with E-state index in [1.807, 2.05) is 0 Å². The molecule has 0 aliphatic carbocycles. The van der Waals surface area contributed by atoms with Crippen molar-refractivity contribution in [2.75, 3.05) is 5.75 Å². The van der Waals surface area contributed by atoms with Crippen molar-refractivity contribution in [1.82, 2.24) is 14.9 Å². The highest BCUT2D eigenvalue weighted by molar-refractivity contribution is 7.89. The van der Waals surface area contributed by atoms with Crippen LogP contribution in [0.2, 0.25) is 0 Å². The Labute approximate surface area is 76.4 Å². The molecule has 0 fully saturated rings. The highest BCUT2D eigenvalue weighted by Gasteiger charge is 2.08. The van der Waals surface area contributed by atoms with E-state index in [0.29, 0.717) is 11.7 Å². The zero-order chi connectivity index (χ0) is 9.90. The van der Waals surface area contributed by atoms with Gasteiger partial charge in [0, 0.05) is 6.92 Å². The van der Waals surface area contributed by atoms with Gasteiger partial charge in [-0.2, -0.15) is 4.98 Å². The summed E-state index contributed by atoms with van der Waals surface area (Å²) >= 11 is 0. The SMILES string of the molecule is CCS(=O)(=O)NCc1noc(C)n1. The van der Waals surface area contributed by atoms with Gasteiger partial charge in [0.2, 0.25) is 15.9 Å². The van der Waals surface area contributed by atoms with E-state index in [0.717, 1.165) is 0 Å². The van der Waals surface area contributed by atoms with Crippen LogP contribution in [0.1, 0.15) is 18.6 Å². The van der Waals surface area contributed by atoms with Gasteiger partial charge in [0.1, 0.15) is 0 Å². The maximum Gasteiger partial charge on any atom is 0.223 e. The molecular weight excluding hydrogens is 194 g/mol. The zero-order valence-corrected chi connectivity index (χ0v) is 8.26. The molecule has 0 saturated heterocycles. The average Bonchev–Trinajstić information content (AvgIpc) is 2.48. The van der Waals surface area contributed by atoms with Gasteiger partial charge in [-0.1, -0.05) is 5.16 Å². The number of aromatic nitrogens is 2. The minimum absolute atomic E-state index is 0.0455. The Hall–Kier alpha value is -0.950. The fraction of sp³-hybridized carbons (Fsp3) is 0.667. The second-order valence-electron chi connectivity index (χ2n) is 2.45. The van der Waals surface area contributed by atoms with Gasteiger partial charge in [0.05, 0.1) is 12.3 Å². The Bertz CT molecular complexity index is 370. The van der Waals surface area contributed by atoms with Crippen LogP contribution in [0.5, 0.6) is 0 Å². The van der Waals surface area contributed by atoms with Crippen molar-refractivity contribution in [3.63, 3.8) is 0 Å².